The van der Waals surface area contributed by atoms with Gasteiger partial charge in [-0.2, -0.15) is 0 Å². The number of morpholine rings is 1. The van der Waals surface area contributed by atoms with Crippen LogP contribution in [0.4, 0.5) is 5.82 Å². The molecule has 0 bridgehead atoms. The van der Waals surface area contributed by atoms with Crippen LogP contribution in [0, 0.1) is 5.41 Å². The second-order valence-corrected chi connectivity index (χ2v) is 6.50. The number of hydrogen-bond acceptors (Lipinski definition) is 5. The Morgan fingerprint density at radius 2 is 2.14 bits per heavy atom. The molecule has 1 saturated heterocycles. The molecule has 0 atom stereocenters. The van der Waals surface area contributed by atoms with Crippen molar-refractivity contribution in [3.05, 3.63) is 23.9 Å². The lowest BCUT2D eigenvalue weighted by Gasteiger charge is -2.32. The van der Waals surface area contributed by atoms with Crippen LogP contribution in [-0.4, -0.2) is 62.2 Å². The first kappa shape index (κ1) is 16.7. The van der Waals surface area contributed by atoms with Crippen LogP contribution in [0.25, 0.3) is 0 Å². The highest BCUT2D eigenvalue weighted by atomic mass is 16.5. The lowest BCUT2D eigenvalue weighted by Crippen LogP contribution is -2.41. The van der Waals surface area contributed by atoms with Crippen molar-refractivity contribution in [3.63, 3.8) is 0 Å². The lowest BCUT2D eigenvalue weighted by atomic mass is 9.93. The minimum absolute atomic E-state index is 0.0175. The third-order valence-corrected chi connectivity index (χ3v) is 3.89. The summed E-state index contributed by atoms with van der Waals surface area (Å²) in [6.45, 7) is 8.12. The van der Waals surface area contributed by atoms with E-state index >= 15 is 0 Å². The zero-order valence-corrected chi connectivity index (χ0v) is 13.7. The van der Waals surface area contributed by atoms with Crippen LogP contribution in [0.1, 0.15) is 24.2 Å². The number of rotatable bonds is 5. The molecule has 6 heteroatoms. The summed E-state index contributed by atoms with van der Waals surface area (Å²) in [6, 6.07) is 3.64. The summed E-state index contributed by atoms with van der Waals surface area (Å²) >= 11 is 0. The summed E-state index contributed by atoms with van der Waals surface area (Å²) in [5, 5.41) is 0. The molecule has 2 N–H and O–H groups in total. The Morgan fingerprint density at radius 1 is 1.45 bits per heavy atom. The van der Waals surface area contributed by atoms with Gasteiger partial charge in [-0.25, -0.2) is 4.98 Å². The molecule has 2 rings (SSSR count). The van der Waals surface area contributed by atoms with E-state index in [-0.39, 0.29) is 11.3 Å². The second-order valence-electron chi connectivity index (χ2n) is 6.50. The van der Waals surface area contributed by atoms with E-state index in [1.165, 1.54) is 0 Å². The van der Waals surface area contributed by atoms with Crippen LogP contribution in [0.15, 0.2) is 18.3 Å². The van der Waals surface area contributed by atoms with Gasteiger partial charge in [-0.05, 0) is 24.1 Å². The summed E-state index contributed by atoms with van der Waals surface area (Å²) in [4.78, 5) is 21.0. The molecule has 0 unspecified atom stereocenters. The largest absolute Gasteiger partial charge is 0.378 e. The molecule has 0 saturated carbocycles. The van der Waals surface area contributed by atoms with Crippen molar-refractivity contribution in [1.29, 1.82) is 0 Å². The maximum Gasteiger partial charge on any atom is 0.257 e. The molecule has 1 aliphatic heterocycles. The molecule has 1 amide bonds. The third-order valence-electron chi connectivity index (χ3n) is 3.89. The smallest absolute Gasteiger partial charge is 0.257 e. The molecule has 1 fully saturated rings. The number of carbonyl (C=O) groups excluding carboxylic acids is 1. The van der Waals surface area contributed by atoms with E-state index < -0.39 is 0 Å². The molecule has 6 nitrogen and oxygen atoms in total. The highest BCUT2D eigenvalue weighted by Crippen LogP contribution is 2.22. The Morgan fingerprint density at radius 3 is 2.77 bits per heavy atom. The van der Waals surface area contributed by atoms with Crippen molar-refractivity contribution in [2.45, 2.75) is 13.8 Å². The molecule has 122 valence electrons. The molecule has 0 spiro atoms. The van der Waals surface area contributed by atoms with E-state index in [0.29, 0.717) is 31.9 Å². The zero-order chi connectivity index (χ0) is 16.2. The van der Waals surface area contributed by atoms with Crippen LogP contribution >= 0.6 is 0 Å². The number of aromatic nitrogens is 1. The van der Waals surface area contributed by atoms with E-state index in [1.54, 1.807) is 17.2 Å². The van der Waals surface area contributed by atoms with Crippen molar-refractivity contribution < 1.29 is 9.53 Å². The molecule has 2 heterocycles. The van der Waals surface area contributed by atoms with Crippen molar-refractivity contribution >= 4 is 11.7 Å². The molecule has 1 aliphatic rings. The van der Waals surface area contributed by atoms with Crippen LogP contribution < -0.4 is 10.6 Å². The van der Waals surface area contributed by atoms with E-state index in [0.717, 1.165) is 18.9 Å². The molecule has 1 aromatic rings. The second kappa shape index (κ2) is 7.07. The van der Waals surface area contributed by atoms with E-state index in [1.807, 2.05) is 13.1 Å². The number of nitrogens with zero attached hydrogens (tertiary/aromatic N) is 3. The Kier molecular flexibility index (Phi) is 5.37. The average Bonchev–Trinajstić information content (AvgIpc) is 2.54. The van der Waals surface area contributed by atoms with Crippen molar-refractivity contribution in [2.24, 2.45) is 11.1 Å². The van der Waals surface area contributed by atoms with Crippen LogP contribution in [0.5, 0.6) is 0 Å². The average molecular weight is 306 g/mol. The fourth-order valence-corrected chi connectivity index (χ4v) is 2.58. The highest BCUT2D eigenvalue weighted by Gasteiger charge is 2.25. The summed E-state index contributed by atoms with van der Waals surface area (Å²) in [6.07, 6.45) is 1.73. The topological polar surface area (TPSA) is 71.7 Å². The van der Waals surface area contributed by atoms with Crippen LogP contribution in [0.3, 0.4) is 0 Å². The summed E-state index contributed by atoms with van der Waals surface area (Å²) in [7, 11) is 1.82. The minimum atomic E-state index is -0.105. The van der Waals surface area contributed by atoms with Gasteiger partial charge in [-0.1, -0.05) is 13.8 Å². The van der Waals surface area contributed by atoms with Gasteiger partial charge in [-0.3, -0.25) is 4.79 Å². The Hall–Kier alpha value is -1.66. The SMILES string of the molecule is CN(CC(C)(C)CN)C(=O)c1cccnc1N1CCOCC1. The molecular formula is C16H26N4O2. The van der Waals surface area contributed by atoms with E-state index in [2.05, 4.69) is 23.7 Å². The summed E-state index contributed by atoms with van der Waals surface area (Å²) < 4.78 is 5.37. The minimum Gasteiger partial charge on any atom is -0.378 e. The number of anilines is 1. The number of ether oxygens (including phenoxy) is 1. The summed E-state index contributed by atoms with van der Waals surface area (Å²) in [5.74, 6) is 0.726. The van der Waals surface area contributed by atoms with Gasteiger partial charge >= 0.3 is 0 Å². The lowest BCUT2D eigenvalue weighted by molar-refractivity contribution is 0.0739. The monoisotopic (exact) mass is 306 g/mol. The zero-order valence-electron chi connectivity index (χ0n) is 13.7. The van der Waals surface area contributed by atoms with E-state index in [4.69, 9.17) is 10.5 Å². The maximum absolute atomic E-state index is 12.8. The van der Waals surface area contributed by atoms with Gasteiger partial charge in [0, 0.05) is 32.9 Å². The predicted octanol–water partition coefficient (Wildman–Crippen LogP) is 0.975. The molecule has 22 heavy (non-hydrogen) atoms. The molecule has 1 aromatic heterocycles. The Bertz CT molecular complexity index is 513. The predicted molar refractivity (Wildman–Crippen MR) is 87.1 cm³/mol. The number of nitrogens with two attached hydrogens (primary N) is 1. The quantitative estimate of drug-likeness (QED) is 0.878. The number of amides is 1. The van der Waals surface area contributed by atoms with Gasteiger partial charge in [0.15, 0.2) is 0 Å². The molecule has 0 aliphatic carbocycles. The van der Waals surface area contributed by atoms with Crippen molar-refractivity contribution in [1.82, 2.24) is 9.88 Å². The maximum atomic E-state index is 12.8. The Labute approximate surface area is 132 Å². The van der Waals surface area contributed by atoms with Gasteiger partial charge in [0.2, 0.25) is 0 Å². The number of pyridine rings is 1. The third kappa shape index (κ3) is 3.96. The molecule has 0 aromatic carbocycles. The molecular weight excluding hydrogens is 280 g/mol. The van der Waals surface area contributed by atoms with E-state index in [9.17, 15) is 4.79 Å². The standard InChI is InChI=1S/C16H26N4O2/c1-16(2,11-17)12-19(3)15(21)13-5-4-6-18-14(13)20-7-9-22-10-8-20/h4-6H,7-12,17H2,1-3H3. The first-order valence-corrected chi connectivity index (χ1v) is 7.68. The number of carbonyl (C=O) groups is 1. The van der Waals surface area contributed by atoms with Crippen LogP contribution in [0.2, 0.25) is 0 Å². The first-order valence-electron chi connectivity index (χ1n) is 7.68. The fourth-order valence-electron chi connectivity index (χ4n) is 2.58. The van der Waals surface area contributed by atoms with Crippen molar-refractivity contribution in [2.75, 3.05) is 51.3 Å². The van der Waals surface area contributed by atoms with Gasteiger partial charge in [0.25, 0.3) is 5.91 Å². The first-order chi connectivity index (χ1) is 10.4. The number of hydrogen-bond donors (Lipinski definition) is 1. The van der Waals surface area contributed by atoms with Gasteiger partial charge in [-0.15, -0.1) is 0 Å². The van der Waals surface area contributed by atoms with Gasteiger partial charge in [0.05, 0.1) is 18.8 Å². The van der Waals surface area contributed by atoms with Crippen molar-refractivity contribution in [3.8, 4) is 0 Å². The van der Waals surface area contributed by atoms with Crippen LogP contribution in [-0.2, 0) is 4.74 Å². The van der Waals surface area contributed by atoms with Gasteiger partial charge in [0.1, 0.15) is 5.82 Å². The van der Waals surface area contributed by atoms with Gasteiger partial charge < -0.3 is 20.3 Å². The highest BCUT2D eigenvalue weighted by molar-refractivity contribution is 5.98. The normalized spacial score (nSPS) is 15.7. The fraction of sp³-hybridized carbons (Fsp3) is 0.625. The Balaban J connectivity index is 2.18. The molecule has 0 radical (unpaired) electrons. The summed E-state index contributed by atoms with van der Waals surface area (Å²) in [5.41, 5.74) is 6.30.